The first-order valence-corrected chi connectivity index (χ1v) is 7.62. The van der Waals surface area contributed by atoms with E-state index in [4.69, 9.17) is 10.5 Å². The van der Waals surface area contributed by atoms with E-state index in [0.29, 0.717) is 29.5 Å². The van der Waals surface area contributed by atoms with Crippen LogP contribution in [0.5, 0.6) is 0 Å². The van der Waals surface area contributed by atoms with Crippen molar-refractivity contribution in [3.05, 3.63) is 11.4 Å². The van der Waals surface area contributed by atoms with Crippen molar-refractivity contribution in [2.45, 2.75) is 65.5 Å². The van der Waals surface area contributed by atoms with Crippen molar-refractivity contribution >= 4 is 11.7 Å². The Balaban J connectivity index is 2.15. The molecule has 5 heteroatoms. The van der Waals surface area contributed by atoms with Gasteiger partial charge in [0, 0.05) is 6.54 Å². The number of rotatable bonds is 4. The number of esters is 1. The summed E-state index contributed by atoms with van der Waals surface area (Å²) in [6, 6.07) is 0. The number of aryl methyl sites for hydroxylation is 2. The first-order chi connectivity index (χ1) is 9.58. The number of hydrogen-bond acceptors (Lipinski definition) is 4. The van der Waals surface area contributed by atoms with Gasteiger partial charge in [0.25, 0.3) is 0 Å². The van der Waals surface area contributed by atoms with Crippen LogP contribution in [0, 0.1) is 12.8 Å². The molecule has 0 amide bonds. The Kier molecular flexibility index (Phi) is 4.68. The fourth-order valence-electron chi connectivity index (χ4n) is 3.03. The van der Waals surface area contributed by atoms with Crippen molar-refractivity contribution in [2.24, 2.45) is 5.92 Å². The number of anilines is 1. The normalized spacial score (nSPS) is 22.8. The average Bonchev–Trinajstić information content (AvgIpc) is 2.74. The number of ether oxygens (including phenoxy) is 1. The molecule has 2 N–H and O–H groups in total. The molecule has 1 fully saturated rings. The fraction of sp³-hybridized carbons (Fsp3) is 0.733. The molecule has 0 aromatic carbocycles. The summed E-state index contributed by atoms with van der Waals surface area (Å²) in [5, 5.41) is 4.27. The number of hydrogen-bond donors (Lipinski definition) is 1. The number of carbonyl (C=O) groups is 1. The van der Waals surface area contributed by atoms with Crippen LogP contribution in [0.3, 0.4) is 0 Å². The van der Waals surface area contributed by atoms with Crippen molar-refractivity contribution in [1.29, 1.82) is 0 Å². The Hall–Kier alpha value is -1.52. The van der Waals surface area contributed by atoms with Gasteiger partial charge in [0.15, 0.2) is 5.69 Å². The van der Waals surface area contributed by atoms with Crippen LogP contribution in [0.2, 0.25) is 0 Å². The maximum atomic E-state index is 12.4. The largest absolute Gasteiger partial charge is 0.457 e. The van der Waals surface area contributed by atoms with Crippen LogP contribution in [0.15, 0.2) is 0 Å². The van der Waals surface area contributed by atoms with Gasteiger partial charge in [0.05, 0.1) is 11.4 Å². The lowest BCUT2D eigenvalue weighted by Crippen LogP contribution is -2.30. The van der Waals surface area contributed by atoms with E-state index in [1.165, 1.54) is 6.42 Å². The Morgan fingerprint density at radius 3 is 2.75 bits per heavy atom. The van der Waals surface area contributed by atoms with Gasteiger partial charge in [-0.1, -0.05) is 13.3 Å². The van der Waals surface area contributed by atoms with Crippen LogP contribution in [-0.2, 0) is 11.3 Å². The zero-order valence-corrected chi connectivity index (χ0v) is 12.7. The number of nitrogens with zero attached hydrogens (tertiary/aromatic N) is 2. The van der Waals surface area contributed by atoms with Crippen LogP contribution in [-0.4, -0.2) is 21.9 Å². The fourth-order valence-corrected chi connectivity index (χ4v) is 3.03. The molecule has 1 saturated carbocycles. The molecule has 2 unspecified atom stereocenters. The summed E-state index contributed by atoms with van der Waals surface area (Å²) in [5.41, 5.74) is 7.51. The minimum absolute atomic E-state index is 0.0289. The van der Waals surface area contributed by atoms with Crippen LogP contribution in [0.1, 0.15) is 62.1 Å². The third-order valence-electron chi connectivity index (χ3n) is 4.29. The zero-order valence-electron chi connectivity index (χ0n) is 12.7. The van der Waals surface area contributed by atoms with E-state index in [9.17, 15) is 4.79 Å². The molecule has 1 aliphatic rings. The predicted molar refractivity (Wildman–Crippen MR) is 78.5 cm³/mol. The molecule has 1 aliphatic carbocycles. The van der Waals surface area contributed by atoms with E-state index in [1.807, 2.05) is 13.8 Å². The summed E-state index contributed by atoms with van der Waals surface area (Å²) in [6.07, 6.45) is 5.57. The second-order valence-corrected chi connectivity index (χ2v) is 5.56. The highest BCUT2D eigenvalue weighted by Crippen LogP contribution is 2.30. The topological polar surface area (TPSA) is 70.1 Å². The monoisotopic (exact) mass is 279 g/mol. The number of carbonyl (C=O) groups excluding carboxylic acids is 1. The molecule has 0 bridgehead atoms. The van der Waals surface area contributed by atoms with Gasteiger partial charge in [-0.25, -0.2) is 4.79 Å². The van der Waals surface area contributed by atoms with Crippen molar-refractivity contribution in [3.63, 3.8) is 0 Å². The molecule has 0 saturated heterocycles. The summed E-state index contributed by atoms with van der Waals surface area (Å²) in [6.45, 7) is 6.53. The molecule has 20 heavy (non-hydrogen) atoms. The first-order valence-electron chi connectivity index (χ1n) is 7.62. The van der Waals surface area contributed by atoms with Crippen LogP contribution in [0.4, 0.5) is 5.69 Å². The average molecular weight is 279 g/mol. The quantitative estimate of drug-likeness (QED) is 0.860. The molecule has 2 rings (SSSR count). The lowest BCUT2D eigenvalue weighted by Gasteiger charge is -2.30. The highest BCUT2D eigenvalue weighted by atomic mass is 16.5. The maximum absolute atomic E-state index is 12.4. The Bertz CT molecular complexity index is 482. The molecule has 0 spiro atoms. The Morgan fingerprint density at radius 2 is 2.10 bits per heavy atom. The van der Waals surface area contributed by atoms with Crippen molar-refractivity contribution in [2.75, 3.05) is 5.73 Å². The van der Waals surface area contributed by atoms with Gasteiger partial charge >= 0.3 is 5.97 Å². The van der Waals surface area contributed by atoms with Gasteiger partial charge < -0.3 is 10.5 Å². The highest BCUT2D eigenvalue weighted by molar-refractivity contribution is 5.93. The molecule has 1 aromatic rings. The third kappa shape index (κ3) is 2.81. The summed E-state index contributed by atoms with van der Waals surface area (Å²) in [4.78, 5) is 12.4. The van der Waals surface area contributed by atoms with E-state index in [1.54, 1.807) is 4.68 Å². The molecule has 0 radical (unpaired) electrons. The van der Waals surface area contributed by atoms with Gasteiger partial charge in [-0.3, -0.25) is 4.68 Å². The van der Waals surface area contributed by atoms with Gasteiger partial charge in [-0.15, -0.1) is 0 Å². The van der Waals surface area contributed by atoms with Crippen LogP contribution in [0.25, 0.3) is 0 Å². The summed E-state index contributed by atoms with van der Waals surface area (Å²) >= 11 is 0. The van der Waals surface area contributed by atoms with Gasteiger partial charge in [0.1, 0.15) is 6.10 Å². The van der Waals surface area contributed by atoms with E-state index in [2.05, 4.69) is 12.0 Å². The van der Waals surface area contributed by atoms with E-state index in [0.717, 1.165) is 25.7 Å². The first kappa shape index (κ1) is 14.9. The smallest absolute Gasteiger partial charge is 0.359 e. The molecular formula is C15H25N3O2. The zero-order chi connectivity index (χ0) is 14.7. The molecule has 112 valence electrons. The Labute approximate surface area is 120 Å². The van der Waals surface area contributed by atoms with Gasteiger partial charge in [0.2, 0.25) is 0 Å². The third-order valence-corrected chi connectivity index (χ3v) is 4.29. The molecule has 1 heterocycles. The predicted octanol–water partition coefficient (Wildman–Crippen LogP) is 2.92. The minimum Gasteiger partial charge on any atom is -0.457 e. The molecule has 1 aromatic heterocycles. The van der Waals surface area contributed by atoms with Gasteiger partial charge in [-0.05, 0) is 45.4 Å². The van der Waals surface area contributed by atoms with E-state index in [-0.39, 0.29) is 12.1 Å². The van der Waals surface area contributed by atoms with Gasteiger partial charge in [-0.2, -0.15) is 5.10 Å². The lowest BCUT2D eigenvalue weighted by atomic mass is 9.85. The second-order valence-electron chi connectivity index (χ2n) is 5.56. The molecular weight excluding hydrogens is 254 g/mol. The van der Waals surface area contributed by atoms with Crippen molar-refractivity contribution in [1.82, 2.24) is 9.78 Å². The van der Waals surface area contributed by atoms with E-state index < -0.39 is 0 Å². The van der Waals surface area contributed by atoms with Crippen molar-refractivity contribution < 1.29 is 9.53 Å². The number of nitrogens with two attached hydrogens (primary N) is 1. The number of nitrogen functional groups attached to an aromatic ring is 1. The SMILES string of the molecule is CCC1CCCCC1OC(=O)c1c(N)c(C)nn1CC. The summed E-state index contributed by atoms with van der Waals surface area (Å²) < 4.78 is 7.37. The molecule has 2 atom stereocenters. The minimum atomic E-state index is -0.324. The van der Waals surface area contributed by atoms with Crippen LogP contribution < -0.4 is 5.73 Å². The number of aromatic nitrogens is 2. The lowest BCUT2D eigenvalue weighted by molar-refractivity contribution is -0.000355. The summed E-state index contributed by atoms with van der Waals surface area (Å²) in [7, 11) is 0. The molecule has 5 nitrogen and oxygen atoms in total. The van der Waals surface area contributed by atoms with Crippen LogP contribution >= 0.6 is 0 Å². The molecule has 0 aliphatic heterocycles. The van der Waals surface area contributed by atoms with E-state index >= 15 is 0 Å². The Morgan fingerprint density at radius 1 is 1.40 bits per heavy atom. The second kappa shape index (κ2) is 6.29. The standard InChI is InChI=1S/C15H25N3O2/c1-4-11-8-6-7-9-12(11)20-15(19)14-13(16)10(3)17-18(14)5-2/h11-12H,4-9,16H2,1-3H3. The summed E-state index contributed by atoms with van der Waals surface area (Å²) in [5.74, 6) is 0.156. The highest BCUT2D eigenvalue weighted by Gasteiger charge is 2.29. The maximum Gasteiger partial charge on any atom is 0.359 e. The van der Waals surface area contributed by atoms with Crippen molar-refractivity contribution in [3.8, 4) is 0 Å².